The van der Waals surface area contributed by atoms with Crippen LogP contribution in [0.2, 0.25) is 0 Å². The topological polar surface area (TPSA) is 71.1 Å². The molecule has 2 amide bonds. The molecule has 0 aliphatic heterocycles. The van der Waals surface area contributed by atoms with Crippen LogP contribution in [0, 0.1) is 5.92 Å². The molecule has 1 aliphatic carbocycles. The average Bonchev–Trinajstić information content (AvgIpc) is 3.27. The molecule has 1 fully saturated rings. The van der Waals surface area contributed by atoms with Gasteiger partial charge in [-0.2, -0.15) is 0 Å². The summed E-state index contributed by atoms with van der Waals surface area (Å²) in [6.07, 6.45) is 5.90. The van der Waals surface area contributed by atoms with Crippen molar-refractivity contribution in [1.29, 1.82) is 0 Å². The molecule has 0 spiro atoms. The van der Waals surface area contributed by atoms with Crippen LogP contribution in [-0.2, 0) is 11.3 Å². The van der Waals surface area contributed by atoms with Crippen LogP contribution in [0.3, 0.4) is 0 Å². The summed E-state index contributed by atoms with van der Waals surface area (Å²) in [5.41, 5.74) is 2.96. The third kappa shape index (κ3) is 4.03. The largest absolute Gasteiger partial charge is 0.348 e. The number of nitrogens with zero attached hydrogens (tertiary/aromatic N) is 1. The monoisotopic (exact) mass is 373 g/mol. The van der Waals surface area contributed by atoms with Crippen molar-refractivity contribution < 1.29 is 9.59 Å². The van der Waals surface area contributed by atoms with E-state index in [1.807, 2.05) is 48.5 Å². The summed E-state index contributed by atoms with van der Waals surface area (Å²) in [7, 11) is 0. The number of pyridine rings is 1. The van der Waals surface area contributed by atoms with Crippen LogP contribution in [-0.4, -0.2) is 16.8 Å². The van der Waals surface area contributed by atoms with Crippen LogP contribution < -0.4 is 10.6 Å². The highest BCUT2D eigenvalue weighted by Gasteiger charge is 2.22. The van der Waals surface area contributed by atoms with E-state index in [0.29, 0.717) is 17.6 Å². The standard InChI is InChI=1S/C23H23N3O2/c27-22(18-7-1-2-8-18)26-19-11-3-6-16(14-19)15-25-23(28)20-12-4-9-17-10-5-13-24-21(17)20/h3-6,9-14,18H,1-2,7-8,15H2,(H,25,28)(H,26,27). The number of benzene rings is 2. The number of rotatable bonds is 5. The molecule has 0 bridgehead atoms. The minimum absolute atomic E-state index is 0.0977. The van der Waals surface area contributed by atoms with Gasteiger partial charge in [0.1, 0.15) is 0 Å². The molecule has 28 heavy (non-hydrogen) atoms. The normalized spacial score (nSPS) is 14.1. The Kier molecular flexibility index (Phi) is 5.33. The highest BCUT2D eigenvalue weighted by atomic mass is 16.2. The van der Waals surface area contributed by atoms with Gasteiger partial charge in [-0.25, -0.2) is 0 Å². The molecule has 1 heterocycles. The first kappa shape index (κ1) is 18.2. The molecule has 2 aromatic carbocycles. The van der Waals surface area contributed by atoms with E-state index in [1.165, 1.54) is 0 Å². The van der Waals surface area contributed by atoms with E-state index >= 15 is 0 Å². The van der Waals surface area contributed by atoms with Gasteiger partial charge in [0.15, 0.2) is 0 Å². The van der Waals surface area contributed by atoms with Crippen molar-refractivity contribution >= 4 is 28.4 Å². The van der Waals surface area contributed by atoms with Gasteiger partial charge in [-0.3, -0.25) is 14.6 Å². The fraction of sp³-hybridized carbons (Fsp3) is 0.261. The van der Waals surface area contributed by atoms with Crippen molar-refractivity contribution in [2.75, 3.05) is 5.32 Å². The van der Waals surface area contributed by atoms with E-state index in [9.17, 15) is 9.59 Å². The lowest BCUT2D eigenvalue weighted by Crippen LogP contribution is -2.23. The summed E-state index contributed by atoms with van der Waals surface area (Å²) in [6.45, 7) is 0.384. The zero-order valence-electron chi connectivity index (χ0n) is 15.7. The number of carbonyl (C=O) groups is 2. The molecule has 142 valence electrons. The molecule has 0 unspecified atom stereocenters. The lowest BCUT2D eigenvalue weighted by molar-refractivity contribution is -0.119. The van der Waals surface area contributed by atoms with Crippen molar-refractivity contribution in [3.63, 3.8) is 0 Å². The molecule has 1 aromatic heterocycles. The maximum Gasteiger partial charge on any atom is 0.253 e. The summed E-state index contributed by atoms with van der Waals surface area (Å²) in [5, 5.41) is 6.89. The minimum atomic E-state index is -0.162. The fourth-order valence-electron chi connectivity index (χ4n) is 3.76. The van der Waals surface area contributed by atoms with E-state index in [-0.39, 0.29) is 17.7 Å². The second-order valence-corrected chi connectivity index (χ2v) is 7.23. The molecule has 1 aliphatic rings. The summed E-state index contributed by atoms with van der Waals surface area (Å²) in [5.74, 6) is 0.0624. The van der Waals surface area contributed by atoms with E-state index in [1.54, 1.807) is 12.3 Å². The van der Waals surface area contributed by atoms with Crippen LogP contribution in [0.4, 0.5) is 5.69 Å². The first-order chi connectivity index (χ1) is 13.7. The minimum Gasteiger partial charge on any atom is -0.348 e. The number of carbonyl (C=O) groups excluding carboxylic acids is 2. The molecular weight excluding hydrogens is 350 g/mol. The third-order valence-electron chi connectivity index (χ3n) is 5.25. The maximum atomic E-state index is 12.6. The maximum absolute atomic E-state index is 12.6. The summed E-state index contributed by atoms with van der Waals surface area (Å²) < 4.78 is 0. The number of hydrogen-bond acceptors (Lipinski definition) is 3. The Balaban J connectivity index is 1.42. The Bertz CT molecular complexity index is 1000. The van der Waals surface area contributed by atoms with Crippen LogP contribution in [0.25, 0.3) is 10.9 Å². The molecular formula is C23H23N3O2. The predicted molar refractivity (Wildman–Crippen MR) is 110 cm³/mol. The number of fused-ring (bicyclic) bond motifs is 1. The van der Waals surface area contributed by atoms with Crippen molar-refractivity contribution in [2.24, 2.45) is 5.92 Å². The molecule has 1 saturated carbocycles. The molecule has 4 rings (SSSR count). The molecule has 5 heteroatoms. The molecule has 0 saturated heterocycles. The Morgan fingerprint density at radius 3 is 2.64 bits per heavy atom. The Morgan fingerprint density at radius 2 is 1.79 bits per heavy atom. The van der Waals surface area contributed by atoms with E-state index < -0.39 is 0 Å². The van der Waals surface area contributed by atoms with Gasteiger partial charge in [0, 0.05) is 29.7 Å². The van der Waals surface area contributed by atoms with Gasteiger partial charge in [-0.05, 0) is 42.7 Å². The summed E-state index contributed by atoms with van der Waals surface area (Å²) >= 11 is 0. The zero-order chi connectivity index (χ0) is 19.3. The fourth-order valence-corrected chi connectivity index (χ4v) is 3.76. The number of para-hydroxylation sites is 1. The van der Waals surface area contributed by atoms with Crippen LogP contribution >= 0.6 is 0 Å². The molecule has 0 radical (unpaired) electrons. The zero-order valence-corrected chi connectivity index (χ0v) is 15.7. The van der Waals surface area contributed by atoms with E-state index in [4.69, 9.17) is 0 Å². The highest BCUT2D eigenvalue weighted by Crippen LogP contribution is 2.26. The summed E-state index contributed by atoms with van der Waals surface area (Å²) in [6, 6.07) is 17.0. The Labute approximate surface area is 164 Å². The van der Waals surface area contributed by atoms with Crippen molar-refractivity contribution in [1.82, 2.24) is 10.3 Å². The van der Waals surface area contributed by atoms with Crippen molar-refractivity contribution in [3.05, 3.63) is 71.9 Å². The quantitative estimate of drug-likeness (QED) is 0.701. The average molecular weight is 373 g/mol. The Hall–Kier alpha value is -3.21. The van der Waals surface area contributed by atoms with Crippen molar-refractivity contribution in [2.45, 2.75) is 32.2 Å². The first-order valence-electron chi connectivity index (χ1n) is 9.72. The summed E-state index contributed by atoms with van der Waals surface area (Å²) in [4.78, 5) is 29.3. The Morgan fingerprint density at radius 1 is 1.00 bits per heavy atom. The second-order valence-electron chi connectivity index (χ2n) is 7.23. The smallest absolute Gasteiger partial charge is 0.253 e. The third-order valence-corrected chi connectivity index (χ3v) is 5.25. The van der Waals surface area contributed by atoms with E-state index in [2.05, 4.69) is 15.6 Å². The van der Waals surface area contributed by atoms with Gasteiger partial charge in [-0.1, -0.05) is 43.2 Å². The number of hydrogen-bond donors (Lipinski definition) is 2. The lowest BCUT2D eigenvalue weighted by Gasteiger charge is -2.12. The number of aromatic nitrogens is 1. The van der Waals surface area contributed by atoms with Crippen molar-refractivity contribution in [3.8, 4) is 0 Å². The molecule has 0 atom stereocenters. The van der Waals surface area contributed by atoms with Gasteiger partial charge in [-0.15, -0.1) is 0 Å². The first-order valence-corrected chi connectivity index (χ1v) is 9.72. The van der Waals surface area contributed by atoms with E-state index in [0.717, 1.165) is 42.3 Å². The van der Waals surface area contributed by atoms with Gasteiger partial charge in [0.2, 0.25) is 5.91 Å². The van der Waals surface area contributed by atoms with Crippen LogP contribution in [0.1, 0.15) is 41.6 Å². The van der Waals surface area contributed by atoms with Gasteiger partial charge < -0.3 is 10.6 Å². The van der Waals surface area contributed by atoms with Gasteiger partial charge in [0.05, 0.1) is 11.1 Å². The SMILES string of the molecule is O=C(NCc1cccc(NC(=O)C2CCCC2)c1)c1cccc2cccnc12. The number of nitrogens with one attached hydrogen (secondary N) is 2. The number of amides is 2. The lowest BCUT2D eigenvalue weighted by atomic mass is 10.1. The highest BCUT2D eigenvalue weighted by molar-refractivity contribution is 6.05. The molecule has 3 aromatic rings. The van der Waals surface area contributed by atoms with Gasteiger partial charge in [0.25, 0.3) is 5.91 Å². The molecule has 5 nitrogen and oxygen atoms in total. The van der Waals surface area contributed by atoms with Crippen LogP contribution in [0.5, 0.6) is 0 Å². The second kappa shape index (κ2) is 8.21. The number of anilines is 1. The van der Waals surface area contributed by atoms with Gasteiger partial charge >= 0.3 is 0 Å². The molecule has 2 N–H and O–H groups in total. The predicted octanol–water partition coefficient (Wildman–Crippen LogP) is 4.29. The van der Waals surface area contributed by atoms with Crippen LogP contribution in [0.15, 0.2) is 60.8 Å².